The lowest BCUT2D eigenvalue weighted by atomic mass is 10.1. The third kappa shape index (κ3) is 2.88. The maximum Gasteiger partial charge on any atom is 0.339 e. The minimum atomic E-state index is -1.21. The number of rotatable bonds is 5. The lowest BCUT2D eigenvalue weighted by Gasteiger charge is -2.12. The van der Waals surface area contributed by atoms with Crippen LogP contribution in [0.1, 0.15) is 15.9 Å². The first-order valence-electron chi connectivity index (χ1n) is 4.72. The molecule has 0 radical (unpaired) electrons. The van der Waals surface area contributed by atoms with Crippen LogP contribution in [0, 0.1) is 20.6 Å². The van der Waals surface area contributed by atoms with E-state index in [9.17, 15) is 14.9 Å². The molecule has 0 amide bonds. The van der Waals surface area contributed by atoms with E-state index in [4.69, 9.17) is 9.84 Å². The maximum absolute atomic E-state index is 11.1. The zero-order valence-corrected chi connectivity index (χ0v) is 11.8. The molecule has 0 bridgehead atoms. The van der Waals surface area contributed by atoms with Crippen LogP contribution in [0.2, 0.25) is 0 Å². The molecule has 1 aromatic rings. The van der Waals surface area contributed by atoms with Crippen molar-refractivity contribution < 1.29 is 24.3 Å². The summed E-state index contributed by atoms with van der Waals surface area (Å²) in [5, 5.41) is 20.0. The van der Waals surface area contributed by atoms with Crippen LogP contribution in [0.4, 0.5) is 5.69 Å². The molecule has 0 saturated carbocycles. The number of carboxylic acids is 1. The van der Waals surface area contributed by atoms with Gasteiger partial charge < -0.3 is 14.6 Å². The molecule has 0 heterocycles. The Bertz CT molecular complexity index is 502. The van der Waals surface area contributed by atoms with Gasteiger partial charge in [-0.1, -0.05) is 0 Å². The number of hydrogen-bond acceptors (Lipinski definition) is 5. The van der Waals surface area contributed by atoms with Gasteiger partial charge in [0.2, 0.25) is 0 Å². The van der Waals surface area contributed by atoms with Crippen LogP contribution < -0.4 is 4.74 Å². The Morgan fingerprint density at radius 2 is 2.22 bits per heavy atom. The molecule has 0 fully saturated rings. The number of benzene rings is 1. The first kappa shape index (κ1) is 14.6. The standard InChI is InChI=1S/C10H10INO6/c1-5-8(12(15)16)7(11)3-6(10(13)14)9(5)18-4-17-2/h3H,4H2,1-2H3,(H,13,14). The molecular formula is C10H10INO6. The third-order valence-corrected chi connectivity index (χ3v) is 2.99. The van der Waals surface area contributed by atoms with Gasteiger partial charge in [0.05, 0.1) is 14.1 Å². The van der Waals surface area contributed by atoms with Gasteiger partial charge in [0.25, 0.3) is 5.69 Å². The number of nitro groups is 1. The molecule has 0 aromatic heterocycles. The molecule has 0 unspecified atom stereocenters. The van der Waals surface area contributed by atoms with E-state index in [1.165, 1.54) is 20.1 Å². The van der Waals surface area contributed by atoms with Crippen molar-refractivity contribution >= 4 is 34.2 Å². The predicted molar refractivity (Wildman–Crippen MR) is 70.0 cm³/mol. The molecule has 0 atom stereocenters. The monoisotopic (exact) mass is 367 g/mol. The minimum Gasteiger partial charge on any atom is -0.478 e. The molecule has 8 heteroatoms. The van der Waals surface area contributed by atoms with Crippen molar-refractivity contribution in [3.63, 3.8) is 0 Å². The van der Waals surface area contributed by atoms with E-state index in [-0.39, 0.29) is 32.9 Å². The van der Waals surface area contributed by atoms with Gasteiger partial charge in [-0.05, 0) is 35.6 Å². The van der Waals surface area contributed by atoms with Crippen molar-refractivity contribution in [2.75, 3.05) is 13.9 Å². The molecule has 0 aliphatic carbocycles. The minimum absolute atomic E-state index is 0.0449. The fourth-order valence-electron chi connectivity index (χ4n) is 1.44. The Morgan fingerprint density at radius 1 is 1.61 bits per heavy atom. The van der Waals surface area contributed by atoms with Gasteiger partial charge in [-0.2, -0.15) is 0 Å². The Kier molecular flexibility index (Phi) is 4.84. The first-order chi connectivity index (χ1) is 8.40. The van der Waals surface area contributed by atoms with Crippen LogP contribution in [-0.2, 0) is 4.74 Å². The summed E-state index contributed by atoms with van der Waals surface area (Å²) in [5.41, 5.74) is -0.118. The largest absolute Gasteiger partial charge is 0.478 e. The lowest BCUT2D eigenvalue weighted by Crippen LogP contribution is -2.09. The lowest BCUT2D eigenvalue weighted by molar-refractivity contribution is -0.386. The Balaban J connectivity index is 3.46. The highest BCUT2D eigenvalue weighted by molar-refractivity contribution is 14.1. The number of nitrogens with zero attached hydrogens (tertiary/aromatic N) is 1. The number of carbonyl (C=O) groups is 1. The number of ether oxygens (including phenoxy) is 2. The van der Waals surface area contributed by atoms with E-state index < -0.39 is 10.9 Å². The second kappa shape index (κ2) is 5.96. The normalized spacial score (nSPS) is 10.2. The van der Waals surface area contributed by atoms with Gasteiger partial charge in [-0.3, -0.25) is 10.1 Å². The molecule has 1 rings (SSSR count). The average molecular weight is 367 g/mol. The summed E-state index contributed by atoms with van der Waals surface area (Å²) in [6.45, 7) is 1.26. The Hall–Kier alpha value is -1.42. The summed E-state index contributed by atoms with van der Waals surface area (Å²) in [6.07, 6.45) is 0. The van der Waals surface area contributed by atoms with E-state index in [0.717, 1.165) is 0 Å². The zero-order chi connectivity index (χ0) is 13.9. The van der Waals surface area contributed by atoms with Crippen molar-refractivity contribution in [1.82, 2.24) is 0 Å². The number of nitro benzene ring substituents is 1. The van der Waals surface area contributed by atoms with Crippen LogP contribution in [0.25, 0.3) is 0 Å². The molecule has 0 saturated heterocycles. The summed E-state index contributed by atoms with van der Waals surface area (Å²) in [4.78, 5) is 21.4. The topological polar surface area (TPSA) is 98.9 Å². The van der Waals surface area contributed by atoms with E-state index in [1.54, 1.807) is 22.6 Å². The number of halogens is 1. The van der Waals surface area contributed by atoms with E-state index in [2.05, 4.69) is 4.74 Å². The van der Waals surface area contributed by atoms with Crippen molar-refractivity contribution in [2.45, 2.75) is 6.92 Å². The second-order valence-electron chi connectivity index (χ2n) is 3.32. The summed E-state index contributed by atoms with van der Waals surface area (Å²) >= 11 is 1.72. The zero-order valence-electron chi connectivity index (χ0n) is 9.60. The molecule has 1 aromatic carbocycles. The first-order valence-corrected chi connectivity index (χ1v) is 5.80. The highest BCUT2D eigenvalue weighted by Crippen LogP contribution is 2.35. The Labute approximate surface area is 116 Å². The van der Waals surface area contributed by atoms with E-state index >= 15 is 0 Å². The van der Waals surface area contributed by atoms with Gasteiger partial charge in [0.15, 0.2) is 6.79 Å². The van der Waals surface area contributed by atoms with Crippen molar-refractivity contribution in [1.29, 1.82) is 0 Å². The number of hydrogen-bond donors (Lipinski definition) is 1. The van der Waals surface area contributed by atoms with E-state index in [1.807, 2.05) is 0 Å². The molecule has 7 nitrogen and oxygen atoms in total. The van der Waals surface area contributed by atoms with Crippen LogP contribution in [-0.4, -0.2) is 29.9 Å². The highest BCUT2D eigenvalue weighted by atomic mass is 127. The van der Waals surface area contributed by atoms with Gasteiger partial charge >= 0.3 is 5.97 Å². The highest BCUT2D eigenvalue weighted by Gasteiger charge is 2.26. The summed E-state index contributed by atoms with van der Waals surface area (Å²) in [5.74, 6) is -1.26. The maximum atomic E-state index is 11.1. The summed E-state index contributed by atoms with van der Waals surface area (Å²) in [6, 6.07) is 1.21. The SMILES string of the molecule is COCOc1c(C(=O)O)cc(I)c([N+](=O)[O-])c1C. The van der Waals surface area contributed by atoms with Crippen molar-refractivity contribution in [3.05, 3.63) is 30.9 Å². The molecular weight excluding hydrogens is 357 g/mol. The third-order valence-electron chi connectivity index (χ3n) is 2.17. The molecule has 1 N–H and O–H groups in total. The van der Waals surface area contributed by atoms with Gasteiger partial charge in [-0.25, -0.2) is 4.79 Å². The predicted octanol–water partition coefficient (Wildman–Crippen LogP) is 2.19. The van der Waals surface area contributed by atoms with Crippen LogP contribution in [0.15, 0.2) is 6.07 Å². The molecule has 98 valence electrons. The van der Waals surface area contributed by atoms with Gasteiger partial charge in [0, 0.05) is 7.11 Å². The average Bonchev–Trinajstić information content (AvgIpc) is 2.26. The molecule has 0 aliphatic rings. The van der Waals surface area contributed by atoms with Gasteiger partial charge in [0.1, 0.15) is 11.3 Å². The fourth-order valence-corrected chi connectivity index (χ4v) is 2.35. The quantitative estimate of drug-likeness (QED) is 0.371. The summed E-state index contributed by atoms with van der Waals surface area (Å²) < 4.78 is 10.0. The smallest absolute Gasteiger partial charge is 0.339 e. The summed E-state index contributed by atoms with van der Waals surface area (Å²) in [7, 11) is 1.37. The molecule has 18 heavy (non-hydrogen) atoms. The van der Waals surface area contributed by atoms with Crippen LogP contribution >= 0.6 is 22.6 Å². The number of carboxylic acid groups (broad SMARTS) is 1. The van der Waals surface area contributed by atoms with Crippen molar-refractivity contribution in [2.24, 2.45) is 0 Å². The van der Waals surface area contributed by atoms with Crippen molar-refractivity contribution in [3.8, 4) is 5.75 Å². The second-order valence-corrected chi connectivity index (χ2v) is 4.48. The Morgan fingerprint density at radius 3 is 2.67 bits per heavy atom. The van der Waals surface area contributed by atoms with Crippen LogP contribution in [0.5, 0.6) is 5.75 Å². The number of aromatic carboxylic acids is 1. The number of methoxy groups -OCH3 is 1. The van der Waals surface area contributed by atoms with E-state index in [0.29, 0.717) is 0 Å². The fraction of sp³-hybridized carbons (Fsp3) is 0.300. The van der Waals surface area contributed by atoms with Gasteiger partial charge in [-0.15, -0.1) is 0 Å². The molecule has 0 aliphatic heterocycles. The van der Waals surface area contributed by atoms with Crippen LogP contribution in [0.3, 0.4) is 0 Å². The molecule has 0 spiro atoms.